The molecule has 1 saturated heterocycles. The molecule has 0 spiro atoms. The Morgan fingerprint density at radius 1 is 1.09 bits per heavy atom. The Morgan fingerprint density at radius 2 is 1.88 bits per heavy atom. The predicted molar refractivity (Wildman–Crippen MR) is 135 cm³/mol. The highest BCUT2D eigenvalue weighted by Crippen LogP contribution is 2.34. The van der Waals surface area contributed by atoms with Crippen LogP contribution >= 0.6 is 0 Å². The van der Waals surface area contributed by atoms with Gasteiger partial charge in [-0.2, -0.15) is 0 Å². The standard InChI is InChI=1S/C28H38N4O2/c1-2-20-11-8-9-17-31(20)18-10-16-29-27(33)25-22-14-6-7-15-24(22)30-26-23(25)19-32(28(26)34)21-12-4-3-5-13-21/h6-7,14-15,20-21H,2-5,8-13,16-19H2,1H3,(H,29,33). The summed E-state index contributed by atoms with van der Waals surface area (Å²) in [6, 6.07) is 8.70. The Balaban J connectivity index is 1.33. The molecule has 6 heteroatoms. The molecule has 0 bridgehead atoms. The second-order valence-corrected chi connectivity index (χ2v) is 10.3. The van der Waals surface area contributed by atoms with Gasteiger partial charge >= 0.3 is 0 Å². The Hall–Kier alpha value is -2.47. The molecule has 1 aromatic heterocycles. The van der Waals surface area contributed by atoms with E-state index in [-0.39, 0.29) is 17.9 Å². The minimum Gasteiger partial charge on any atom is -0.352 e. The van der Waals surface area contributed by atoms with E-state index in [1.807, 2.05) is 29.2 Å². The van der Waals surface area contributed by atoms with Crippen molar-refractivity contribution in [2.24, 2.45) is 0 Å². The Kier molecular flexibility index (Phi) is 7.14. The topological polar surface area (TPSA) is 65.5 Å². The van der Waals surface area contributed by atoms with Crippen molar-refractivity contribution in [1.29, 1.82) is 0 Å². The van der Waals surface area contributed by atoms with Crippen molar-refractivity contribution in [2.45, 2.75) is 89.8 Å². The van der Waals surface area contributed by atoms with Gasteiger partial charge in [-0.05, 0) is 51.1 Å². The summed E-state index contributed by atoms with van der Waals surface area (Å²) in [5.74, 6) is -0.0729. The first-order valence-corrected chi connectivity index (χ1v) is 13.4. The summed E-state index contributed by atoms with van der Waals surface area (Å²) in [7, 11) is 0. The number of fused-ring (bicyclic) bond motifs is 2. The highest BCUT2D eigenvalue weighted by Gasteiger charge is 2.38. The SMILES string of the molecule is CCC1CCCCN1CCCNC(=O)c1c2c(nc3ccccc13)C(=O)N(C1CCCCC1)C2. The quantitative estimate of drug-likeness (QED) is 0.594. The fourth-order valence-corrected chi connectivity index (χ4v) is 6.30. The van der Waals surface area contributed by atoms with Crippen molar-refractivity contribution >= 4 is 22.7 Å². The summed E-state index contributed by atoms with van der Waals surface area (Å²) < 4.78 is 0. The van der Waals surface area contributed by atoms with Crippen LogP contribution in [0.1, 0.15) is 97.5 Å². The number of piperidine rings is 1. The van der Waals surface area contributed by atoms with Gasteiger partial charge < -0.3 is 15.1 Å². The normalized spacial score (nSPS) is 21.7. The number of hydrogen-bond acceptors (Lipinski definition) is 4. The van der Waals surface area contributed by atoms with Gasteiger partial charge in [0.2, 0.25) is 0 Å². The highest BCUT2D eigenvalue weighted by molar-refractivity contribution is 6.11. The second kappa shape index (κ2) is 10.4. The van der Waals surface area contributed by atoms with Crippen LogP contribution in [0.25, 0.3) is 10.9 Å². The summed E-state index contributed by atoms with van der Waals surface area (Å²) >= 11 is 0. The van der Waals surface area contributed by atoms with Gasteiger partial charge in [0.05, 0.1) is 11.1 Å². The third kappa shape index (κ3) is 4.57. The van der Waals surface area contributed by atoms with E-state index in [0.29, 0.717) is 30.4 Å². The van der Waals surface area contributed by atoms with Crippen molar-refractivity contribution in [1.82, 2.24) is 20.1 Å². The maximum absolute atomic E-state index is 13.5. The van der Waals surface area contributed by atoms with Crippen molar-refractivity contribution in [3.8, 4) is 0 Å². The van der Waals surface area contributed by atoms with E-state index in [0.717, 1.165) is 42.3 Å². The maximum Gasteiger partial charge on any atom is 0.273 e. The molecule has 2 aliphatic heterocycles. The molecule has 3 aliphatic rings. The molecule has 2 fully saturated rings. The first kappa shape index (κ1) is 23.3. The van der Waals surface area contributed by atoms with Crippen molar-refractivity contribution < 1.29 is 9.59 Å². The smallest absolute Gasteiger partial charge is 0.273 e. The first-order chi connectivity index (χ1) is 16.7. The van der Waals surface area contributed by atoms with Gasteiger partial charge in [0.15, 0.2) is 0 Å². The lowest BCUT2D eigenvalue weighted by atomic mass is 9.94. The molecule has 3 heterocycles. The Bertz CT molecular complexity index is 1050. The molecule has 1 aliphatic carbocycles. The first-order valence-electron chi connectivity index (χ1n) is 13.4. The van der Waals surface area contributed by atoms with Gasteiger partial charge in [-0.15, -0.1) is 0 Å². The molecular formula is C28H38N4O2. The fraction of sp³-hybridized carbons (Fsp3) is 0.607. The van der Waals surface area contributed by atoms with Gasteiger partial charge in [-0.25, -0.2) is 4.98 Å². The highest BCUT2D eigenvalue weighted by atomic mass is 16.2. The number of para-hydroxylation sites is 1. The number of hydrogen-bond donors (Lipinski definition) is 1. The Morgan fingerprint density at radius 3 is 2.71 bits per heavy atom. The summed E-state index contributed by atoms with van der Waals surface area (Å²) in [5.41, 5.74) is 2.67. The number of pyridine rings is 1. The average molecular weight is 463 g/mol. The van der Waals surface area contributed by atoms with E-state index in [9.17, 15) is 9.59 Å². The molecule has 182 valence electrons. The molecule has 6 nitrogen and oxygen atoms in total. The van der Waals surface area contributed by atoms with Crippen molar-refractivity contribution in [3.05, 3.63) is 41.1 Å². The van der Waals surface area contributed by atoms with E-state index < -0.39 is 0 Å². The monoisotopic (exact) mass is 462 g/mol. The van der Waals surface area contributed by atoms with Crippen LogP contribution in [0, 0.1) is 0 Å². The molecule has 5 rings (SSSR count). The summed E-state index contributed by atoms with van der Waals surface area (Å²) in [6.07, 6.45) is 11.7. The number of rotatable bonds is 7. The van der Waals surface area contributed by atoms with E-state index in [4.69, 9.17) is 4.98 Å². The molecule has 2 amide bonds. The number of carbonyl (C=O) groups excluding carboxylic acids is 2. The third-order valence-electron chi connectivity index (χ3n) is 8.16. The largest absolute Gasteiger partial charge is 0.352 e. The van der Waals surface area contributed by atoms with Crippen LogP contribution in [0.15, 0.2) is 24.3 Å². The number of aromatic nitrogens is 1. The average Bonchev–Trinajstić information content (AvgIpc) is 3.21. The number of nitrogens with one attached hydrogen (secondary N) is 1. The van der Waals surface area contributed by atoms with Crippen LogP contribution in [-0.2, 0) is 6.54 Å². The molecule has 1 aromatic carbocycles. The summed E-state index contributed by atoms with van der Waals surface area (Å²) in [5, 5.41) is 4.03. The lowest BCUT2D eigenvalue weighted by Gasteiger charge is -2.35. The van der Waals surface area contributed by atoms with E-state index in [1.165, 1.54) is 51.5 Å². The lowest BCUT2D eigenvalue weighted by molar-refractivity contribution is 0.0655. The zero-order valence-corrected chi connectivity index (χ0v) is 20.5. The number of likely N-dealkylation sites (tertiary alicyclic amines) is 1. The van der Waals surface area contributed by atoms with Crippen LogP contribution in [0.4, 0.5) is 0 Å². The van der Waals surface area contributed by atoms with Crippen LogP contribution in [-0.4, -0.2) is 58.3 Å². The Labute approximate surface area is 203 Å². The number of amides is 2. The van der Waals surface area contributed by atoms with E-state index in [2.05, 4.69) is 17.1 Å². The third-order valence-corrected chi connectivity index (χ3v) is 8.16. The molecule has 1 saturated carbocycles. The van der Waals surface area contributed by atoms with Gasteiger partial charge in [-0.3, -0.25) is 9.59 Å². The molecule has 1 unspecified atom stereocenters. The number of benzene rings is 1. The van der Waals surface area contributed by atoms with E-state index >= 15 is 0 Å². The lowest BCUT2D eigenvalue weighted by Crippen LogP contribution is -2.40. The zero-order chi connectivity index (χ0) is 23.5. The summed E-state index contributed by atoms with van der Waals surface area (Å²) in [6.45, 7) is 5.64. The molecule has 0 radical (unpaired) electrons. The summed E-state index contributed by atoms with van der Waals surface area (Å²) in [4.78, 5) is 36.1. The van der Waals surface area contributed by atoms with Crippen LogP contribution in [0.3, 0.4) is 0 Å². The molecule has 2 aromatic rings. The molecule has 1 N–H and O–H groups in total. The fourth-order valence-electron chi connectivity index (χ4n) is 6.30. The molecule has 34 heavy (non-hydrogen) atoms. The van der Waals surface area contributed by atoms with Gasteiger partial charge in [0, 0.05) is 42.7 Å². The second-order valence-electron chi connectivity index (χ2n) is 10.3. The number of carbonyl (C=O) groups is 2. The molecule has 1 atom stereocenters. The van der Waals surface area contributed by atoms with Gasteiger partial charge in [-0.1, -0.05) is 50.8 Å². The van der Waals surface area contributed by atoms with Gasteiger partial charge in [0.1, 0.15) is 5.69 Å². The van der Waals surface area contributed by atoms with E-state index in [1.54, 1.807) is 0 Å². The van der Waals surface area contributed by atoms with Crippen molar-refractivity contribution in [3.63, 3.8) is 0 Å². The van der Waals surface area contributed by atoms with Crippen LogP contribution in [0.5, 0.6) is 0 Å². The zero-order valence-electron chi connectivity index (χ0n) is 20.5. The van der Waals surface area contributed by atoms with Crippen molar-refractivity contribution in [2.75, 3.05) is 19.6 Å². The predicted octanol–water partition coefficient (Wildman–Crippen LogP) is 4.91. The van der Waals surface area contributed by atoms with Crippen LogP contribution < -0.4 is 5.32 Å². The van der Waals surface area contributed by atoms with Crippen LogP contribution in [0.2, 0.25) is 0 Å². The van der Waals surface area contributed by atoms with Gasteiger partial charge in [0.25, 0.3) is 11.8 Å². The minimum atomic E-state index is -0.0705. The molecular weight excluding hydrogens is 424 g/mol. The minimum absolute atomic E-state index is 0.00240. The maximum atomic E-state index is 13.5. The number of nitrogens with zero attached hydrogens (tertiary/aromatic N) is 3.